The predicted molar refractivity (Wildman–Crippen MR) is 91.7 cm³/mol. The van der Waals surface area contributed by atoms with Crippen molar-refractivity contribution in [2.24, 2.45) is 0 Å². The number of nitrogens with zero attached hydrogens (tertiary/aromatic N) is 4. The van der Waals surface area contributed by atoms with E-state index in [9.17, 15) is 4.79 Å². The Morgan fingerprint density at radius 3 is 3.04 bits per heavy atom. The molecule has 0 saturated carbocycles. The van der Waals surface area contributed by atoms with E-state index in [-0.39, 0.29) is 17.7 Å². The fourth-order valence-electron chi connectivity index (χ4n) is 2.97. The van der Waals surface area contributed by atoms with Gasteiger partial charge in [-0.05, 0) is 25.8 Å². The van der Waals surface area contributed by atoms with Gasteiger partial charge in [-0.2, -0.15) is 4.98 Å². The first-order chi connectivity index (χ1) is 12.1. The fourth-order valence-corrected chi connectivity index (χ4v) is 2.97. The summed E-state index contributed by atoms with van der Waals surface area (Å²) < 4.78 is 10.7. The Kier molecular flexibility index (Phi) is 5.31. The first-order valence-electron chi connectivity index (χ1n) is 8.80. The number of rotatable bonds is 5. The zero-order valence-electron chi connectivity index (χ0n) is 14.9. The zero-order chi connectivity index (χ0) is 17.8. The molecular formula is C18H24N4O3. The van der Waals surface area contributed by atoms with E-state index in [2.05, 4.69) is 15.1 Å². The predicted octanol–water partition coefficient (Wildman–Crippen LogP) is 3.01. The smallest absolute Gasteiger partial charge is 0.254 e. The third-order valence-corrected chi connectivity index (χ3v) is 4.30. The molecule has 0 spiro atoms. The summed E-state index contributed by atoms with van der Waals surface area (Å²) in [5, 5.41) is 4.11. The molecule has 1 aliphatic rings. The van der Waals surface area contributed by atoms with Crippen LogP contribution in [0.1, 0.15) is 67.5 Å². The lowest BCUT2D eigenvalue weighted by Gasteiger charge is -2.31. The third-order valence-electron chi connectivity index (χ3n) is 4.30. The highest BCUT2D eigenvalue weighted by molar-refractivity contribution is 5.94. The molecule has 2 aromatic heterocycles. The zero-order valence-corrected chi connectivity index (χ0v) is 14.9. The Morgan fingerprint density at radius 1 is 1.48 bits per heavy atom. The summed E-state index contributed by atoms with van der Waals surface area (Å²) in [5.41, 5.74) is 0.593. The molecule has 0 bridgehead atoms. The Hall–Kier alpha value is -2.44. The van der Waals surface area contributed by atoms with Crippen molar-refractivity contribution in [3.05, 3.63) is 35.6 Å². The molecule has 3 heterocycles. The van der Waals surface area contributed by atoms with Crippen LogP contribution in [0.4, 0.5) is 0 Å². The molecule has 0 aromatic carbocycles. The third kappa shape index (κ3) is 3.97. The quantitative estimate of drug-likeness (QED) is 0.829. The maximum Gasteiger partial charge on any atom is 0.254 e. The van der Waals surface area contributed by atoms with Gasteiger partial charge in [-0.1, -0.05) is 19.0 Å². The molecular weight excluding hydrogens is 320 g/mol. The molecule has 3 rings (SSSR count). The van der Waals surface area contributed by atoms with E-state index in [1.807, 2.05) is 25.7 Å². The summed E-state index contributed by atoms with van der Waals surface area (Å²) in [6.45, 7) is 7.79. The lowest BCUT2D eigenvalue weighted by molar-refractivity contribution is 0.0703. The van der Waals surface area contributed by atoms with Gasteiger partial charge in [0.05, 0.1) is 6.61 Å². The molecule has 1 fully saturated rings. The van der Waals surface area contributed by atoms with Gasteiger partial charge < -0.3 is 14.2 Å². The summed E-state index contributed by atoms with van der Waals surface area (Å²) in [5.74, 6) is 2.13. The minimum Gasteiger partial charge on any atom is -0.478 e. The van der Waals surface area contributed by atoms with Crippen LogP contribution in [-0.2, 0) is 0 Å². The van der Waals surface area contributed by atoms with Crippen LogP contribution in [0.25, 0.3) is 0 Å². The number of carbonyl (C=O) groups is 1. The second kappa shape index (κ2) is 7.63. The fraction of sp³-hybridized carbons (Fsp3) is 0.556. The Balaban J connectivity index is 1.72. The minimum absolute atomic E-state index is 0.0133. The molecule has 1 aliphatic heterocycles. The van der Waals surface area contributed by atoms with Crippen molar-refractivity contribution >= 4 is 5.91 Å². The topological polar surface area (TPSA) is 81.4 Å². The van der Waals surface area contributed by atoms with Crippen LogP contribution in [0.3, 0.4) is 0 Å². The monoisotopic (exact) mass is 344 g/mol. The minimum atomic E-state index is -0.0133. The van der Waals surface area contributed by atoms with Crippen molar-refractivity contribution in [1.29, 1.82) is 0 Å². The molecule has 1 amide bonds. The van der Waals surface area contributed by atoms with Gasteiger partial charge in [0.1, 0.15) is 0 Å². The van der Waals surface area contributed by atoms with E-state index in [4.69, 9.17) is 9.26 Å². The van der Waals surface area contributed by atoms with Gasteiger partial charge in [-0.3, -0.25) is 4.79 Å². The average Bonchev–Trinajstić information content (AvgIpc) is 3.12. The van der Waals surface area contributed by atoms with Crippen LogP contribution >= 0.6 is 0 Å². The van der Waals surface area contributed by atoms with E-state index in [1.165, 1.54) is 0 Å². The van der Waals surface area contributed by atoms with Gasteiger partial charge in [0.25, 0.3) is 5.91 Å². The molecule has 0 aliphatic carbocycles. The van der Waals surface area contributed by atoms with Gasteiger partial charge in [-0.25, -0.2) is 4.98 Å². The van der Waals surface area contributed by atoms with Gasteiger partial charge in [0, 0.05) is 42.8 Å². The molecule has 0 N–H and O–H groups in total. The summed E-state index contributed by atoms with van der Waals surface area (Å²) in [6, 6.07) is 3.42. The van der Waals surface area contributed by atoms with Crippen LogP contribution < -0.4 is 4.74 Å². The number of hydrogen-bond donors (Lipinski definition) is 0. The van der Waals surface area contributed by atoms with Crippen molar-refractivity contribution in [1.82, 2.24) is 20.0 Å². The Labute approximate surface area is 147 Å². The molecule has 134 valence electrons. The largest absolute Gasteiger partial charge is 0.478 e. The molecule has 2 aromatic rings. The van der Waals surface area contributed by atoms with E-state index in [0.29, 0.717) is 36.3 Å². The molecule has 1 unspecified atom stereocenters. The van der Waals surface area contributed by atoms with Gasteiger partial charge in [0.15, 0.2) is 5.82 Å². The molecule has 25 heavy (non-hydrogen) atoms. The van der Waals surface area contributed by atoms with E-state index in [0.717, 1.165) is 19.4 Å². The number of likely N-dealkylation sites (tertiary alicyclic amines) is 1. The molecule has 7 nitrogen and oxygen atoms in total. The van der Waals surface area contributed by atoms with Crippen LogP contribution in [0.15, 0.2) is 22.9 Å². The van der Waals surface area contributed by atoms with Crippen LogP contribution in [0, 0.1) is 0 Å². The highest BCUT2D eigenvalue weighted by Crippen LogP contribution is 2.27. The average molecular weight is 344 g/mol. The Morgan fingerprint density at radius 2 is 2.32 bits per heavy atom. The summed E-state index contributed by atoms with van der Waals surface area (Å²) in [4.78, 5) is 23.3. The first kappa shape index (κ1) is 17.4. The molecule has 0 radical (unpaired) electrons. The van der Waals surface area contributed by atoms with E-state index < -0.39 is 0 Å². The highest BCUT2D eigenvalue weighted by Gasteiger charge is 2.29. The first-order valence-corrected chi connectivity index (χ1v) is 8.80. The van der Waals surface area contributed by atoms with Crippen molar-refractivity contribution in [2.75, 3.05) is 19.7 Å². The molecule has 1 atom stereocenters. The second-order valence-electron chi connectivity index (χ2n) is 6.55. The number of carbonyl (C=O) groups excluding carboxylic acids is 1. The highest BCUT2D eigenvalue weighted by atomic mass is 16.5. The number of hydrogen-bond acceptors (Lipinski definition) is 6. The maximum absolute atomic E-state index is 12.8. The lowest BCUT2D eigenvalue weighted by atomic mass is 9.96. The number of piperidine rings is 1. The van der Waals surface area contributed by atoms with Crippen molar-refractivity contribution < 1.29 is 14.1 Å². The van der Waals surface area contributed by atoms with Gasteiger partial charge in [-0.15, -0.1) is 0 Å². The maximum atomic E-state index is 12.8. The van der Waals surface area contributed by atoms with Crippen LogP contribution in [0.5, 0.6) is 5.88 Å². The number of aromatic nitrogens is 3. The molecule has 1 saturated heterocycles. The standard InChI is InChI=1S/C18H24N4O3/c1-4-24-15-10-13(7-8-19-15)18(23)22-9-5-6-14(11-22)16-20-17(12(2)3)25-21-16/h7-8,10,12,14H,4-6,9,11H2,1-3H3. The Bertz CT molecular complexity index is 729. The van der Waals surface area contributed by atoms with E-state index in [1.54, 1.807) is 18.3 Å². The SMILES string of the molecule is CCOc1cc(C(=O)N2CCCC(c3noc(C(C)C)n3)C2)ccn1. The van der Waals surface area contributed by atoms with Crippen LogP contribution in [0.2, 0.25) is 0 Å². The van der Waals surface area contributed by atoms with E-state index >= 15 is 0 Å². The van der Waals surface area contributed by atoms with Gasteiger partial charge in [0.2, 0.25) is 11.8 Å². The lowest BCUT2D eigenvalue weighted by Crippen LogP contribution is -2.39. The number of ether oxygens (including phenoxy) is 1. The van der Waals surface area contributed by atoms with Crippen molar-refractivity contribution in [3.8, 4) is 5.88 Å². The second-order valence-corrected chi connectivity index (χ2v) is 6.55. The van der Waals surface area contributed by atoms with Crippen molar-refractivity contribution in [2.45, 2.75) is 45.4 Å². The number of amides is 1. The van der Waals surface area contributed by atoms with Crippen molar-refractivity contribution in [3.63, 3.8) is 0 Å². The van der Waals surface area contributed by atoms with Gasteiger partial charge >= 0.3 is 0 Å². The number of pyridine rings is 1. The summed E-state index contributed by atoms with van der Waals surface area (Å²) in [6.07, 6.45) is 3.49. The summed E-state index contributed by atoms with van der Waals surface area (Å²) in [7, 11) is 0. The molecule has 7 heteroatoms. The summed E-state index contributed by atoms with van der Waals surface area (Å²) >= 11 is 0. The normalized spacial score (nSPS) is 17.8. The van der Waals surface area contributed by atoms with Crippen LogP contribution in [-0.4, -0.2) is 45.6 Å².